The first-order chi connectivity index (χ1) is 10.2. The van der Waals surface area contributed by atoms with Gasteiger partial charge in [0.15, 0.2) is 0 Å². The molecular weight excluding hydrogens is 266 g/mol. The molecule has 0 fully saturated rings. The number of nitrogens with one attached hydrogen (secondary N) is 1. The van der Waals surface area contributed by atoms with Gasteiger partial charge in [-0.2, -0.15) is 0 Å². The molecule has 0 saturated carbocycles. The number of hydrogen-bond acceptors (Lipinski definition) is 4. The molecule has 0 amide bonds. The Bertz CT molecular complexity index is 409. The lowest BCUT2D eigenvalue weighted by Crippen LogP contribution is -2.34. The van der Waals surface area contributed by atoms with E-state index < -0.39 is 0 Å². The summed E-state index contributed by atoms with van der Waals surface area (Å²) in [6.07, 6.45) is 2.16. The van der Waals surface area contributed by atoms with E-state index in [-0.39, 0.29) is 12.1 Å². The highest BCUT2D eigenvalue weighted by Gasteiger charge is 2.24. The average Bonchev–Trinajstić information content (AvgIpc) is 2.53. The third-order valence-electron chi connectivity index (χ3n) is 3.54. The van der Waals surface area contributed by atoms with E-state index in [9.17, 15) is 0 Å². The van der Waals surface area contributed by atoms with Crippen LogP contribution in [0.25, 0.3) is 0 Å². The minimum atomic E-state index is 0.121. The molecule has 1 aromatic rings. The van der Waals surface area contributed by atoms with Crippen LogP contribution in [0.4, 0.5) is 0 Å². The molecule has 0 saturated heterocycles. The Morgan fingerprint density at radius 3 is 2.38 bits per heavy atom. The zero-order valence-corrected chi connectivity index (χ0v) is 13.9. The zero-order valence-electron chi connectivity index (χ0n) is 13.9. The van der Waals surface area contributed by atoms with Crippen molar-refractivity contribution in [3.8, 4) is 11.5 Å². The summed E-state index contributed by atoms with van der Waals surface area (Å²) >= 11 is 0. The minimum absolute atomic E-state index is 0.121. The summed E-state index contributed by atoms with van der Waals surface area (Å²) in [5, 5.41) is 3.59. The lowest BCUT2D eigenvalue weighted by molar-refractivity contribution is 0.0308. The predicted molar refractivity (Wildman–Crippen MR) is 86.3 cm³/mol. The van der Waals surface area contributed by atoms with Crippen LogP contribution in [0.2, 0.25) is 0 Å². The highest BCUT2D eigenvalue weighted by molar-refractivity contribution is 5.43. The SMILES string of the molecule is CCCNC(c1ccc(OC)cc1OC)C(CC)OCC. The fraction of sp³-hybridized carbons (Fsp3) is 0.647. The first kappa shape index (κ1) is 17.8. The van der Waals surface area contributed by atoms with Gasteiger partial charge >= 0.3 is 0 Å². The van der Waals surface area contributed by atoms with E-state index in [4.69, 9.17) is 14.2 Å². The second-order valence-corrected chi connectivity index (χ2v) is 4.94. The molecule has 1 aromatic carbocycles. The predicted octanol–water partition coefficient (Wildman–Crippen LogP) is 3.56. The van der Waals surface area contributed by atoms with Gasteiger partial charge in [0.05, 0.1) is 26.4 Å². The highest BCUT2D eigenvalue weighted by Crippen LogP contribution is 2.32. The third kappa shape index (κ3) is 4.90. The Labute approximate surface area is 128 Å². The van der Waals surface area contributed by atoms with E-state index >= 15 is 0 Å². The van der Waals surface area contributed by atoms with E-state index in [1.165, 1.54) is 0 Å². The van der Waals surface area contributed by atoms with Gasteiger partial charge in [-0.05, 0) is 38.4 Å². The maximum Gasteiger partial charge on any atom is 0.127 e. The molecule has 0 bridgehead atoms. The first-order valence-electron chi connectivity index (χ1n) is 7.78. The van der Waals surface area contributed by atoms with Crippen LogP contribution in [-0.2, 0) is 4.74 Å². The van der Waals surface area contributed by atoms with E-state index in [0.29, 0.717) is 6.61 Å². The maximum atomic E-state index is 5.91. The Balaban J connectivity index is 3.11. The monoisotopic (exact) mass is 295 g/mol. The first-order valence-corrected chi connectivity index (χ1v) is 7.78. The molecule has 2 atom stereocenters. The van der Waals surface area contributed by atoms with Crippen molar-refractivity contribution >= 4 is 0 Å². The average molecular weight is 295 g/mol. The topological polar surface area (TPSA) is 39.7 Å². The number of methoxy groups -OCH3 is 2. The number of rotatable bonds is 10. The van der Waals surface area contributed by atoms with Crippen molar-refractivity contribution in [2.75, 3.05) is 27.4 Å². The van der Waals surface area contributed by atoms with Gasteiger partial charge < -0.3 is 19.5 Å². The van der Waals surface area contributed by atoms with Gasteiger partial charge in [0, 0.05) is 18.2 Å². The van der Waals surface area contributed by atoms with Crippen LogP contribution < -0.4 is 14.8 Å². The van der Waals surface area contributed by atoms with Gasteiger partial charge in [-0.15, -0.1) is 0 Å². The van der Waals surface area contributed by atoms with Crippen molar-refractivity contribution in [2.45, 2.75) is 45.8 Å². The zero-order chi connectivity index (χ0) is 15.7. The molecule has 0 aromatic heterocycles. The van der Waals surface area contributed by atoms with Crippen LogP contribution in [0.15, 0.2) is 18.2 Å². The summed E-state index contributed by atoms with van der Waals surface area (Å²) in [6, 6.07) is 6.08. The van der Waals surface area contributed by atoms with Crippen LogP contribution in [0.3, 0.4) is 0 Å². The van der Waals surface area contributed by atoms with Crippen LogP contribution in [0, 0.1) is 0 Å². The van der Waals surface area contributed by atoms with Gasteiger partial charge in [-0.3, -0.25) is 0 Å². The standard InChI is InChI=1S/C17H29NO3/c1-6-11-18-17(15(7-2)21-8-3)14-10-9-13(19-4)12-16(14)20-5/h9-10,12,15,17-18H,6-8,11H2,1-5H3. The van der Waals surface area contributed by atoms with E-state index in [1.54, 1.807) is 14.2 Å². The molecule has 0 heterocycles. The Morgan fingerprint density at radius 2 is 1.86 bits per heavy atom. The summed E-state index contributed by atoms with van der Waals surface area (Å²) in [6.45, 7) is 8.00. The van der Waals surface area contributed by atoms with E-state index in [1.807, 2.05) is 19.1 Å². The minimum Gasteiger partial charge on any atom is -0.497 e. The Hall–Kier alpha value is -1.26. The maximum absolute atomic E-state index is 5.91. The fourth-order valence-electron chi connectivity index (χ4n) is 2.48. The lowest BCUT2D eigenvalue weighted by atomic mass is 9.98. The summed E-state index contributed by atoms with van der Waals surface area (Å²) in [5.74, 6) is 1.63. The van der Waals surface area contributed by atoms with E-state index in [2.05, 4.69) is 25.2 Å². The van der Waals surface area contributed by atoms with Crippen LogP contribution >= 0.6 is 0 Å². The van der Waals surface area contributed by atoms with Crippen molar-refractivity contribution in [3.05, 3.63) is 23.8 Å². The molecule has 1 rings (SSSR count). The van der Waals surface area contributed by atoms with Crippen LogP contribution in [-0.4, -0.2) is 33.5 Å². The summed E-state index contributed by atoms with van der Waals surface area (Å²) in [5.41, 5.74) is 1.12. The van der Waals surface area contributed by atoms with Gasteiger partial charge in [0.2, 0.25) is 0 Å². The normalized spacial score (nSPS) is 13.8. The Morgan fingerprint density at radius 1 is 1.10 bits per heavy atom. The van der Waals surface area contributed by atoms with Gasteiger partial charge in [0.1, 0.15) is 11.5 Å². The van der Waals surface area contributed by atoms with Crippen LogP contribution in [0.1, 0.15) is 45.2 Å². The van der Waals surface area contributed by atoms with Crippen molar-refractivity contribution in [1.82, 2.24) is 5.32 Å². The van der Waals surface area contributed by atoms with E-state index in [0.717, 1.165) is 36.4 Å². The molecule has 0 aliphatic carbocycles. The molecule has 1 N–H and O–H groups in total. The summed E-state index contributed by atoms with van der Waals surface area (Å²) in [4.78, 5) is 0. The molecular formula is C17H29NO3. The highest BCUT2D eigenvalue weighted by atomic mass is 16.5. The quantitative estimate of drug-likeness (QED) is 0.716. The molecule has 21 heavy (non-hydrogen) atoms. The largest absolute Gasteiger partial charge is 0.497 e. The van der Waals surface area contributed by atoms with Gasteiger partial charge in [0.25, 0.3) is 0 Å². The van der Waals surface area contributed by atoms with Crippen molar-refractivity contribution in [2.24, 2.45) is 0 Å². The molecule has 2 unspecified atom stereocenters. The number of benzene rings is 1. The van der Waals surface area contributed by atoms with Gasteiger partial charge in [-0.1, -0.05) is 13.8 Å². The van der Waals surface area contributed by atoms with Gasteiger partial charge in [-0.25, -0.2) is 0 Å². The van der Waals surface area contributed by atoms with Crippen molar-refractivity contribution in [1.29, 1.82) is 0 Å². The molecule has 4 heteroatoms. The summed E-state index contributed by atoms with van der Waals surface area (Å²) in [7, 11) is 3.35. The van der Waals surface area contributed by atoms with Crippen molar-refractivity contribution < 1.29 is 14.2 Å². The van der Waals surface area contributed by atoms with Crippen molar-refractivity contribution in [3.63, 3.8) is 0 Å². The third-order valence-corrected chi connectivity index (χ3v) is 3.54. The lowest BCUT2D eigenvalue weighted by Gasteiger charge is -2.29. The second kappa shape index (κ2) is 9.64. The molecule has 0 aliphatic rings. The number of hydrogen-bond donors (Lipinski definition) is 1. The molecule has 0 spiro atoms. The molecule has 0 radical (unpaired) electrons. The number of ether oxygens (including phenoxy) is 3. The molecule has 0 aliphatic heterocycles. The molecule has 120 valence electrons. The Kier molecular flexibility index (Phi) is 8.16. The fourth-order valence-corrected chi connectivity index (χ4v) is 2.48. The second-order valence-electron chi connectivity index (χ2n) is 4.94. The smallest absolute Gasteiger partial charge is 0.127 e. The summed E-state index contributed by atoms with van der Waals surface area (Å²) < 4.78 is 16.7. The van der Waals surface area contributed by atoms with Crippen LogP contribution in [0.5, 0.6) is 11.5 Å². The molecule has 4 nitrogen and oxygen atoms in total.